The molecule has 1 saturated carbocycles. The standard InChI is InChI=1S/C22H30N6O2/c1-3-16-13-24-28-20(23-12-15-8-9-27(2)21(30)10-15)11-19(26-22(16)28)25-18-7-5-4-6-17(18)14-29/h8-11,13,17-18,23,29H,3-7,12,14H2,1-2H3,(H,25,26). The van der Waals surface area contributed by atoms with Gasteiger partial charge < -0.3 is 20.3 Å². The van der Waals surface area contributed by atoms with Gasteiger partial charge in [0.05, 0.1) is 6.20 Å². The molecule has 0 radical (unpaired) electrons. The third-order valence-electron chi connectivity index (χ3n) is 6.04. The molecular formula is C22H30N6O2. The fraction of sp³-hybridized carbons (Fsp3) is 0.500. The van der Waals surface area contributed by atoms with Crippen molar-refractivity contribution >= 4 is 17.3 Å². The van der Waals surface area contributed by atoms with Gasteiger partial charge in [-0.2, -0.15) is 9.61 Å². The first-order valence-corrected chi connectivity index (χ1v) is 10.7. The molecule has 1 aliphatic rings. The van der Waals surface area contributed by atoms with Crippen LogP contribution >= 0.6 is 0 Å². The molecule has 160 valence electrons. The fourth-order valence-corrected chi connectivity index (χ4v) is 4.16. The molecule has 3 aromatic rings. The maximum absolute atomic E-state index is 11.9. The number of pyridine rings is 1. The molecule has 1 fully saturated rings. The molecule has 1 aliphatic carbocycles. The first kappa shape index (κ1) is 20.4. The van der Waals surface area contributed by atoms with Gasteiger partial charge in [-0.25, -0.2) is 4.98 Å². The summed E-state index contributed by atoms with van der Waals surface area (Å²) in [6, 6.07) is 5.75. The third-order valence-corrected chi connectivity index (χ3v) is 6.04. The van der Waals surface area contributed by atoms with Crippen LogP contribution in [-0.4, -0.2) is 36.9 Å². The van der Waals surface area contributed by atoms with E-state index in [0.29, 0.717) is 6.54 Å². The molecule has 8 heteroatoms. The van der Waals surface area contributed by atoms with Gasteiger partial charge >= 0.3 is 0 Å². The van der Waals surface area contributed by atoms with E-state index in [-0.39, 0.29) is 24.1 Å². The van der Waals surface area contributed by atoms with Crippen molar-refractivity contribution in [2.45, 2.75) is 51.6 Å². The second-order valence-electron chi connectivity index (χ2n) is 8.10. The number of aromatic nitrogens is 4. The van der Waals surface area contributed by atoms with Gasteiger partial charge in [0, 0.05) is 56.1 Å². The number of fused-ring (bicyclic) bond motifs is 1. The van der Waals surface area contributed by atoms with E-state index in [1.807, 2.05) is 22.8 Å². The normalized spacial score (nSPS) is 19.2. The van der Waals surface area contributed by atoms with Crippen LogP contribution in [0.15, 0.2) is 35.4 Å². The molecule has 0 aliphatic heterocycles. The summed E-state index contributed by atoms with van der Waals surface area (Å²) in [4.78, 5) is 16.7. The molecule has 3 heterocycles. The summed E-state index contributed by atoms with van der Waals surface area (Å²) >= 11 is 0. The fourth-order valence-electron chi connectivity index (χ4n) is 4.16. The van der Waals surface area contributed by atoms with Gasteiger partial charge in [0.15, 0.2) is 5.65 Å². The maximum atomic E-state index is 11.9. The first-order valence-electron chi connectivity index (χ1n) is 10.7. The van der Waals surface area contributed by atoms with E-state index in [2.05, 4.69) is 22.7 Å². The molecule has 0 amide bonds. The minimum atomic E-state index is -0.0313. The quantitative estimate of drug-likeness (QED) is 0.554. The maximum Gasteiger partial charge on any atom is 0.250 e. The average Bonchev–Trinajstić information content (AvgIpc) is 3.18. The van der Waals surface area contributed by atoms with Gasteiger partial charge in [-0.1, -0.05) is 19.8 Å². The summed E-state index contributed by atoms with van der Waals surface area (Å²) < 4.78 is 3.37. The Bertz CT molecular complexity index is 1070. The van der Waals surface area contributed by atoms with Crippen LogP contribution in [0.25, 0.3) is 5.65 Å². The van der Waals surface area contributed by atoms with Crippen molar-refractivity contribution in [1.82, 2.24) is 19.2 Å². The Kier molecular flexibility index (Phi) is 6.03. The summed E-state index contributed by atoms with van der Waals surface area (Å²) in [7, 11) is 1.74. The number of hydrogen-bond donors (Lipinski definition) is 3. The molecule has 0 spiro atoms. The van der Waals surface area contributed by atoms with Crippen LogP contribution < -0.4 is 16.2 Å². The number of nitrogens with one attached hydrogen (secondary N) is 2. The van der Waals surface area contributed by atoms with Gasteiger partial charge in [-0.05, 0) is 30.9 Å². The van der Waals surface area contributed by atoms with Crippen molar-refractivity contribution in [3.8, 4) is 0 Å². The Morgan fingerprint density at radius 3 is 2.87 bits per heavy atom. The van der Waals surface area contributed by atoms with E-state index < -0.39 is 0 Å². The topological polar surface area (TPSA) is 96.5 Å². The van der Waals surface area contributed by atoms with Crippen LogP contribution in [0.1, 0.15) is 43.7 Å². The van der Waals surface area contributed by atoms with Crippen LogP contribution in [0.5, 0.6) is 0 Å². The number of rotatable bonds is 7. The van der Waals surface area contributed by atoms with E-state index in [1.165, 1.54) is 6.42 Å². The summed E-state index contributed by atoms with van der Waals surface area (Å²) in [5, 5.41) is 21.2. The van der Waals surface area contributed by atoms with E-state index in [0.717, 1.165) is 54.1 Å². The Balaban J connectivity index is 1.63. The second kappa shape index (κ2) is 8.87. The molecule has 2 unspecified atom stereocenters. The molecule has 8 nitrogen and oxygen atoms in total. The molecule has 4 rings (SSSR count). The smallest absolute Gasteiger partial charge is 0.250 e. The lowest BCUT2D eigenvalue weighted by molar-refractivity contribution is 0.178. The van der Waals surface area contributed by atoms with Crippen molar-refractivity contribution in [1.29, 1.82) is 0 Å². The number of aliphatic hydroxyl groups is 1. The Hall–Kier alpha value is -2.87. The minimum Gasteiger partial charge on any atom is -0.396 e. The highest BCUT2D eigenvalue weighted by molar-refractivity contribution is 5.60. The highest BCUT2D eigenvalue weighted by Gasteiger charge is 2.25. The predicted molar refractivity (Wildman–Crippen MR) is 118 cm³/mol. The van der Waals surface area contributed by atoms with Crippen LogP contribution in [-0.2, 0) is 20.0 Å². The van der Waals surface area contributed by atoms with E-state index in [9.17, 15) is 9.90 Å². The summed E-state index contributed by atoms with van der Waals surface area (Å²) in [5.74, 6) is 1.86. The Morgan fingerprint density at radius 2 is 2.10 bits per heavy atom. The first-order chi connectivity index (χ1) is 14.6. The van der Waals surface area contributed by atoms with Crippen molar-refractivity contribution < 1.29 is 5.11 Å². The summed E-state index contributed by atoms with van der Waals surface area (Å²) in [6.45, 7) is 2.80. The summed E-state index contributed by atoms with van der Waals surface area (Å²) in [6.07, 6.45) is 8.88. The van der Waals surface area contributed by atoms with Gasteiger partial charge in [0.2, 0.25) is 0 Å². The monoisotopic (exact) mass is 410 g/mol. The van der Waals surface area contributed by atoms with Crippen LogP contribution in [0, 0.1) is 5.92 Å². The molecule has 0 aromatic carbocycles. The largest absolute Gasteiger partial charge is 0.396 e. The van der Waals surface area contributed by atoms with Crippen molar-refractivity contribution in [3.05, 3.63) is 52.1 Å². The molecule has 3 N–H and O–H groups in total. The lowest BCUT2D eigenvalue weighted by atomic mass is 9.85. The zero-order valence-electron chi connectivity index (χ0n) is 17.6. The van der Waals surface area contributed by atoms with Gasteiger partial charge in [-0.3, -0.25) is 4.79 Å². The zero-order valence-corrected chi connectivity index (χ0v) is 17.6. The molecule has 2 atom stereocenters. The Morgan fingerprint density at radius 1 is 1.27 bits per heavy atom. The average molecular weight is 411 g/mol. The molecule has 3 aromatic heterocycles. The van der Waals surface area contributed by atoms with Crippen LogP contribution in [0.4, 0.5) is 11.6 Å². The SMILES string of the molecule is CCc1cnn2c(NCc3ccn(C)c(=O)c3)cc(NC3CCCCC3CO)nc12. The number of hydrogen-bond acceptors (Lipinski definition) is 6. The zero-order chi connectivity index (χ0) is 21.1. The van der Waals surface area contributed by atoms with Gasteiger partial charge in [0.25, 0.3) is 5.56 Å². The van der Waals surface area contributed by atoms with Crippen LogP contribution in [0.2, 0.25) is 0 Å². The van der Waals surface area contributed by atoms with E-state index in [4.69, 9.17) is 4.98 Å². The molecule has 30 heavy (non-hydrogen) atoms. The van der Waals surface area contributed by atoms with Crippen molar-refractivity contribution in [3.63, 3.8) is 0 Å². The highest BCUT2D eigenvalue weighted by Crippen LogP contribution is 2.28. The molecular weight excluding hydrogens is 380 g/mol. The van der Waals surface area contributed by atoms with Gasteiger partial charge in [-0.15, -0.1) is 0 Å². The lowest BCUT2D eigenvalue weighted by Crippen LogP contribution is -2.34. The van der Waals surface area contributed by atoms with E-state index >= 15 is 0 Å². The highest BCUT2D eigenvalue weighted by atomic mass is 16.3. The van der Waals surface area contributed by atoms with E-state index in [1.54, 1.807) is 23.9 Å². The molecule has 0 bridgehead atoms. The van der Waals surface area contributed by atoms with Crippen molar-refractivity contribution in [2.24, 2.45) is 13.0 Å². The van der Waals surface area contributed by atoms with Crippen LogP contribution in [0.3, 0.4) is 0 Å². The molecule has 0 saturated heterocycles. The minimum absolute atomic E-state index is 0.0313. The Labute approximate surface area is 176 Å². The van der Waals surface area contributed by atoms with Gasteiger partial charge in [0.1, 0.15) is 11.6 Å². The number of aliphatic hydroxyl groups excluding tert-OH is 1. The number of nitrogens with zero attached hydrogens (tertiary/aromatic N) is 4. The summed E-state index contributed by atoms with van der Waals surface area (Å²) in [5.41, 5.74) is 2.78. The number of anilines is 2. The number of aryl methyl sites for hydroxylation is 2. The van der Waals surface area contributed by atoms with Crippen molar-refractivity contribution in [2.75, 3.05) is 17.2 Å². The second-order valence-corrected chi connectivity index (χ2v) is 8.10. The predicted octanol–water partition coefficient (Wildman–Crippen LogP) is 2.57. The third kappa shape index (κ3) is 4.18. The lowest BCUT2D eigenvalue weighted by Gasteiger charge is -2.31.